The number of hydrogen-bond acceptors (Lipinski definition) is 5. The van der Waals surface area contributed by atoms with Gasteiger partial charge in [-0.1, -0.05) is 24.3 Å². The van der Waals surface area contributed by atoms with Crippen LogP contribution in [0.3, 0.4) is 0 Å². The van der Waals surface area contributed by atoms with Gasteiger partial charge in [-0.05, 0) is 25.1 Å². The second kappa shape index (κ2) is 8.70. The fraction of sp³-hybridized carbons (Fsp3) is 0.200. The molecule has 1 atom stereocenters. The lowest BCUT2D eigenvalue weighted by molar-refractivity contribution is 0.0920. The molecule has 29 heavy (non-hydrogen) atoms. The quantitative estimate of drug-likeness (QED) is 0.662. The van der Waals surface area contributed by atoms with Crippen molar-refractivity contribution in [2.45, 2.75) is 19.4 Å². The first-order valence-electron chi connectivity index (χ1n) is 8.75. The highest BCUT2D eigenvalue weighted by Crippen LogP contribution is 2.23. The molecule has 3 aromatic rings. The van der Waals surface area contributed by atoms with Crippen molar-refractivity contribution >= 4 is 5.91 Å². The maximum atomic E-state index is 12.9. The van der Waals surface area contributed by atoms with Crippen LogP contribution in [-0.4, -0.2) is 38.4 Å². The first-order valence-corrected chi connectivity index (χ1v) is 8.75. The maximum absolute atomic E-state index is 12.9. The maximum Gasteiger partial charge on any atom is 0.284 e. The topological polar surface area (TPSA) is 97.1 Å². The van der Waals surface area contributed by atoms with E-state index in [1.807, 2.05) is 0 Å². The predicted molar refractivity (Wildman–Crippen MR) is 102 cm³/mol. The summed E-state index contributed by atoms with van der Waals surface area (Å²) in [5.74, 6) is -0.679. The van der Waals surface area contributed by atoms with Gasteiger partial charge in [0.25, 0.3) is 17.9 Å². The minimum Gasteiger partial charge on any atom is -0.394 e. The lowest BCUT2D eigenvalue weighted by atomic mass is 10.1. The number of aromatic nitrogens is 3. The smallest absolute Gasteiger partial charge is 0.284 e. The number of halogens is 2. The van der Waals surface area contributed by atoms with Crippen LogP contribution in [0.5, 0.6) is 0 Å². The Morgan fingerprint density at radius 1 is 1.24 bits per heavy atom. The number of benzene rings is 1. The standard InChI is InChI=1S/C20H18F2N4O3/c1-12(11-27)24-19(28)16-9-17(13-4-6-14(7-5-13)18(21)22)25-26(20(16)29)15-3-2-8-23-10-15/h2-10,12,18,27H,11H2,1H3,(H,24,28)/t12-/m0/s1. The molecular formula is C20H18F2N4O3. The number of alkyl halides is 2. The van der Waals surface area contributed by atoms with E-state index in [2.05, 4.69) is 15.4 Å². The van der Waals surface area contributed by atoms with Gasteiger partial charge in [0, 0.05) is 23.4 Å². The summed E-state index contributed by atoms with van der Waals surface area (Å²) >= 11 is 0. The monoisotopic (exact) mass is 400 g/mol. The van der Waals surface area contributed by atoms with Gasteiger partial charge in [0.1, 0.15) is 5.56 Å². The van der Waals surface area contributed by atoms with Crippen molar-refractivity contribution in [2.24, 2.45) is 0 Å². The Labute approximate surface area is 164 Å². The van der Waals surface area contributed by atoms with Crippen LogP contribution in [0.15, 0.2) is 59.7 Å². The van der Waals surface area contributed by atoms with Gasteiger partial charge in [0.15, 0.2) is 0 Å². The summed E-state index contributed by atoms with van der Waals surface area (Å²) in [7, 11) is 0. The molecule has 0 spiro atoms. The van der Waals surface area contributed by atoms with Crippen molar-refractivity contribution in [3.05, 3.63) is 76.3 Å². The van der Waals surface area contributed by atoms with Gasteiger partial charge in [-0.2, -0.15) is 9.78 Å². The van der Waals surface area contributed by atoms with Gasteiger partial charge >= 0.3 is 0 Å². The van der Waals surface area contributed by atoms with Crippen molar-refractivity contribution in [2.75, 3.05) is 6.61 Å². The van der Waals surface area contributed by atoms with Crippen molar-refractivity contribution in [1.29, 1.82) is 0 Å². The number of nitrogens with zero attached hydrogens (tertiary/aromatic N) is 3. The van der Waals surface area contributed by atoms with E-state index in [1.54, 1.807) is 19.1 Å². The van der Waals surface area contributed by atoms with Crippen LogP contribution >= 0.6 is 0 Å². The highest BCUT2D eigenvalue weighted by atomic mass is 19.3. The van der Waals surface area contributed by atoms with E-state index in [0.29, 0.717) is 11.3 Å². The number of hydrogen-bond donors (Lipinski definition) is 2. The highest BCUT2D eigenvalue weighted by Gasteiger charge is 2.19. The van der Waals surface area contributed by atoms with Gasteiger partial charge in [0.05, 0.1) is 24.2 Å². The summed E-state index contributed by atoms with van der Waals surface area (Å²) in [5.41, 5.74) is 0.0231. The van der Waals surface area contributed by atoms with E-state index >= 15 is 0 Å². The second-order valence-corrected chi connectivity index (χ2v) is 6.35. The highest BCUT2D eigenvalue weighted by molar-refractivity contribution is 5.95. The van der Waals surface area contributed by atoms with Crippen LogP contribution < -0.4 is 10.9 Å². The molecule has 0 saturated carbocycles. The van der Waals surface area contributed by atoms with E-state index in [-0.39, 0.29) is 23.4 Å². The summed E-state index contributed by atoms with van der Waals surface area (Å²) in [4.78, 5) is 29.4. The number of amides is 1. The Morgan fingerprint density at radius 3 is 2.55 bits per heavy atom. The van der Waals surface area contributed by atoms with Crippen LogP contribution in [-0.2, 0) is 0 Å². The number of carbonyl (C=O) groups is 1. The number of aliphatic hydroxyl groups is 1. The molecule has 0 fully saturated rings. The Hall–Kier alpha value is -3.46. The third-order valence-electron chi connectivity index (χ3n) is 4.16. The largest absolute Gasteiger partial charge is 0.394 e. The normalized spacial score (nSPS) is 12.0. The molecule has 0 bridgehead atoms. The molecule has 9 heteroatoms. The van der Waals surface area contributed by atoms with Crippen LogP contribution in [0.25, 0.3) is 16.9 Å². The first-order chi connectivity index (χ1) is 13.9. The molecule has 3 rings (SSSR count). The van der Waals surface area contributed by atoms with Gasteiger partial charge in [-0.3, -0.25) is 14.6 Å². The molecule has 7 nitrogen and oxygen atoms in total. The first kappa shape index (κ1) is 20.3. The summed E-state index contributed by atoms with van der Waals surface area (Å²) in [5, 5.41) is 16.0. The molecule has 2 aromatic heterocycles. The number of carbonyl (C=O) groups excluding carboxylic acids is 1. The van der Waals surface area contributed by atoms with Gasteiger partial charge in [0.2, 0.25) is 0 Å². The molecule has 0 aliphatic rings. The average Bonchev–Trinajstić information content (AvgIpc) is 2.74. The Balaban J connectivity index is 2.14. The van der Waals surface area contributed by atoms with Crippen LogP contribution in [0, 0.1) is 0 Å². The SMILES string of the molecule is C[C@@H](CO)NC(=O)c1cc(-c2ccc(C(F)F)cc2)nn(-c2cccnc2)c1=O. The molecule has 0 aliphatic heterocycles. The molecular weight excluding hydrogens is 382 g/mol. The molecule has 0 radical (unpaired) electrons. The molecule has 1 amide bonds. The second-order valence-electron chi connectivity index (χ2n) is 6.35. The van der Waals surface area contributed by atoms with E-state index in [4.69, 9.17) is 5.11 Å². The number of rotatable bonds is 6. The van der Waals surface area contributed by atoms with Crippen LogP contribution in [0.1, 0.15) is 29.3 Å². The molecule has 0 unspecified atom stereocenters. The van der Waals surface area contributed by atoms with Crippen molar-refractivity contribution in [3.8, 4) is 16.9 Å². The van der Waals surface area contributed by atoms with E-state index in [1.165, 1.54) is 42.7 Å². The number of nitrogens with one attached hydrogen (secondary N) is 1. The Morgan fingerprint density at radius 2 is 1.97 bits per heavy atom. The van der Waals surface area contributed by atoms with Crippen LogP contribution in [0.4, 0.5) is 8.78 Å². The van der Waals surface area contributed by atoms with Crippen molar-refractivity contribution in [1.82, 2.24) is 20.1 Å². The summed E-state index contributed by atoms with van der Waals surface area (Å²) in [6.45, 7) is 1.29. The fourth-order valence-corrected chi connectivity index (χ4v) is 2.60. The Bertz CT molecular complexity index is 1050. The summed E-state index contributed by atoms with van der Waals surface area (Å²) in [6.07, 6.45) is 0.330. The lowest BCUT2D eigenvalue weighted by Gasteiger charge is -2.13. The van der Waals surface area contributed by atoms with Crippen molar-refractivity contribution in [3.63, 3.8) is 0 Å². The molecule has 2 N–H and O–H groups in total. The van der Waals surface area contributed by atoms with Crippen LogP contribution in [0.2, 0.25) is 0 Å². The Kier molecular flexibility index (Phi) is 6.08. The third kappa shape index (κ3) is 4.52. The fourth-order valence-electron chi connectivity index (χ4n) is 2.60. The molecule has 2 heterocycles. The molecule has 0 saturated heterocycles. The third-order valence-corrected chi connectivity index (χ3v) is 4.16. The number of pyridine rings is 1. The molecule has 150 valence electrons. The molecule has 1 aromatic carbocycles. The zero-order valence-electron chi connectivity index (χ0n) is 15.4. The average molecular weight is 400 g/mol. The van der Waals surface area contributed by atoms with E-state index < -0.39 is 23.9 Å². The zero-order valence-corrected chi connectivity index (χ0v) is 15.4. The van der Waals surface area contributed by atoms with Gasteiger partial charge < -0.3 is 10.4 Å². The minimum absolute atomic E-state index is 0.149. The van der Waals surface area contributed by atoms with Crippen molar-refractivity contribution < 1.29 is 18.7 Å². The van der Waals surface area contributed by atoms with Gasteiger partial charge in [-0.25, -0.2) is 8.78 Å². The zero-order chi connectivity index (χ0) is 21.0. The molecule has 0 aliphatic carbocycles. The minimum atomic E-state index is -2.61. The van der Waals surface area contributed by atoms with E-state index in [0.717, 1.165) is 4.68 Å². The number of aliphatic hydroxyl groups excluding tert-OH is 1. The summed E-state index contributed by atoms with van der Waals surface area (Å²) < 4.78 is 26.7. The predicted octanol–water partition coefficient (Wildman–Crippen LogP) is 2.34. The lowest BCUT2D eigenvalue weighted by Crippen LogP contribution is -2.39. The summed E-state index contributed by atoms with van der Waals surface area (Å²) in [6, 6.07) is 9.36. The van der Waals surface area contributed by atoms with E-state index in [9.17, 15) is 18.4 Å². The van der Waals surface area contributed by atoms with Gasteiger partial charge in [-0.15, -0.1) is 0 Å².